The van der Waals surface area contributed by atoms with Crippen LogP contribution in [0.25, 0.3) is 0 Å². The molecular weight excluding hydrogens is 390 g/mol. The first kappa shape index (κ1) is 23.3. The molecule has 27 heavy (non-hydrogen) atoms. The molecule has 1 atom stereocenters. The van der Waals surface area contributed by atoms with Crippen molar-refractivity contribution in [2.24, 2.45) is 0 Å². The lowest BCUT2D eigenvalue weighted by Gasteiger charge is -2.19. The van der Waals surface area contributed by atoms with E-state index in [4.69, 9.17) is 25.8 Å². The molecule has 0 bridgehead atoms. The van der Waals surface area contributed by atoms with Crippen LogP contribution in [0.2, 0.25) is 5.02 Å². The van der Waals surface area contributed by atoms with Crippen LogP contribution in [0.4, 0.5) is 4.79 Å². The molecule has 1 aromatic carbocycles. The van der Waals surface area contributed by atoms with Crippen molar-refractivity contribution in [3.05, 3.63) is 41.4 Å². The minimum absolute atomic E-state index is 0.0289. The van der Waals surface area contributed by atoms with E-state index in [2.05, 4.69) is 11.9 Å². The summed E-state index contributed by atoms with van der Waals surface area (Å²) in [7, 11) is 0. The Balaban J connectivity index is 2.42. The Labute approximate surface area is 169 Å². The standard InChI is InChI=1S/C19H26ClNO5S/c1-13(2)18(22)24-10-9-21-19(23)26-16(11-25-14(3)4)12-27-17-7-5-15(20)6-8-17/h5-8,14,16H,1,9-12H2,2-4H3,(H,21,23). The van der Waals surface area contributed by atoms with Crippen molar-refractivity contribution in [3.8, 4) is 0 Å². The Hall–Kier alpha value is -1.70. The molecular formula is C19H26ClNO5S. The third-order valence-corrected chi connectivity index (χ3v) is 4.49. The number of alkyl carbamates (subject to hydrolysis) is 1. The van der Waals surface area contributed by atoms with Crippen molar-refractivity contribution >= 4 is 35.4 Å². The first-order valence-electron chi connectivity index (χ1n) is 8.55. The quantitative estimate of drug-likeness (QED) is 0.254. The van der Waals surface area contributed by atoms with E-state index in [-0.39, 0.29) is 25.9 Å². The van der Waals surface area contributed by atoms with Gasteiger partial charge in [-0.05, 0) is 45.0 Å². The summed E-state index contributed by atoms with van der Waals surface area (Å²) in [6, 6.07) is 7.43. The summed E-state index contributed by atoms with van der Waals surface area (Å²) < 4.78 is 15.9. The molecule has 6 nitrogen and oxygen atoms in total. The number of ether oxygens (including phenoxy) is 3. The van der Waals surface area contributed by atoms with Crippen LogP contribution in [0.5, 0.6) is 0 Å². The Morgan fingerprint density at radius 2 is 1.93 bits per heavy atom. The van der Waals surface area contributed by atoms with E-state index in [1.54, 1.807) is 18.7 Å². The second-order valence-corrected chi connectivity index (χ2v) is 7.55. The van der Waals surface area contributed by atoms with Crippen LogP contribution in [0.3, 0.4) is 0 Å². The molecule has 0 fully saturated rings. The number of hydrogen-bond donors (Lipinski definition) is 1. The van der Waals surface area contributed by atoms with Gasteiger partial charge in [-0.1, -0.05) is 18.2 Å². The molecule has 0 heterocycles. The molecule has 1 N–H and O–H groups in total. The van der Waals surface area contributed by atoms with E-state index in [0.29, 0.717) is 16.3 Å². The van der Waals surface area contributed by atoms with Crippen molar-refractivity contribution in [2.45, 2.75) is 37.9 Å². The molecule has 1 unspecified atom stereocenters. The summed E-state index contributed by atoms with van der Waals surface area (Å²) in [5, 5.41) is 3.22. The number of esters is 1. The molecule has 0 aromatic heterocycles. The smallest absolute Gasteiger partial charge is 0.407 e. The first-order chi connectivity index (χ1) is 12.8. The minimum Gasteiger partial charge on any atom is -0.460 e. The minimum atomic E-state index is -0.588. The van der Waals surface area contributed by atoms with Crippen LogP contribution in [0.1, 0.15) is 20.8 Å². The summed E-state index contributed by atoms with van der Waals surface area (Å²) in [4.78, 5) is 24.2. The number of thioether (sulfide) groups is 1. The molecule has 0 saturated heterocycles. The van der Waals surface area contributed by atoms with Gasteiger partial charge in [-0.3, -0.25) is 0 Å². The molecule has 0 saturated carbocycles. The Kier molecular flexibility index (Phi) is 10.9. The van der Waals surface area contributed by atoms with Gasteiger partial charge in [0.1, 0.15) is 12.7 Å². The molecule has 1 aromatic rings. The van der Waals surface area contributed by atoms with E-state index in [9.17, 15) is 9.59 Å². The monoisotopic (exact) mass is 415 g/mol. The van der Waals surface area contributed by atoms with Crippen LogP contribution in [-0.4, -0.2) is 49.8 Å². The molecule has 0 radical (unpaired) electrons. The van der Waals surface area contributed by atoms with Gasteiger partial charge < -0.3 is 19.5 Å². The predicted molar refractivity (Wildman–Crippen MR) is 107 cm³/mol. The lowest BCUT2D eigenvalue weighted by Crippen LogP contribution is -2.35. The van der Waals surface area contributed by atoms with E-state index in [0.717, 1.165) is 4.90 Å². The number of benzene rings is 1. The van der Waals surface area contributed by atoms with Crippen LogP contribution >= 0.6 is 23.4 Å². The van der Waals surface area contributed by atoms with Gasteiger partial charge in [0.15, 0.2) is 0 Å². The number of amides is 1. The van der Waals surface area contributed by atoms with Crippen molar-refractivity contribution < 1.29 is 23.8 Å². The first-order valence-corrected chi connectivity index (χ1v) is 9.91. The number of nitrogens with one attached hydrogen (secondary N) is 1. The number of hydrogen-bond acceptors (Lipinski definition) is 6. The van der Waals surface area contributed by atoms with E-state index < -0.39 is 18.2 Å². The molecule has 0 aliphatic rings. The second kappa shape index (κ2) is 12.6. The largest absolute Gasteiger partial charge is 0.460 e. The molecule has 8 heteroatoms. The predicted octanol–water partition coefficient (Wildman–Crippen LogP) is 4.07. The zero-order chi connectivity index (χ0) is 20.2. The molecule has 0 spiro atoms. The van der Waals surface area contributed by atoms with Gasteiger partial charge in [-0.2, -0.15) is 0 Å². The van der Waals surface area contributed by atoms with Gasteiger partial charge >= 0.3 is 12.1 Å². The fraction of sp³-hybridized carbons (Fsp3) is 0.474. The summed E-state index contributed by atoms with van der Waals surface area (Å²) in [5.41, 5.74) is 0.308. The van der Waals surface area contributed by atoms with Crippen LogP contribution < -0.4 is 5.32 Å². The second-order valence-electron chi connectivity index (χ2n) is 6.02. The van der Waals surface area contributed by atoms with Gasteiger partial charge in [0.25, 0.3) is 0 Å². The molecule has 1 rings (SSSR count). The normalized spacial score (nSPS) is 11.7. The highest BCUT2D eigenvalue weighted by Crippen LogP contribution is 2.22. The van der Waals surface area contributed by atoms with E-state index in [1.165, 1.54) is 0 Å². The molecule has 150 valence electrons. The van der Waals surface area contributed by atoms with E-state index >= 15 is 0 Å². The van der Waals surface area contributed by atoms with Gasteiger partial charge in [0.2, 0.25) is 0 Å². The number of rotatable bonds is 11. The van der Waals surface area contributed by atoms with Crippen LogP contribution in [0.15, 0.2) is 41.3 Å². The third kappa shape index (κ3) is 10.9. The Morgan fingerprint density at radius 1 is 1.26 bits per heavy atom. The van der Waals surface area contributed by atoms with Crippen molar-refractivity contribution in [2.75, 3.05) is 25.5 Å². The highest BCUT2D eigenvalue weighted by molar-refractivity contribution is 7.99. The number of carbonyl (C=O) groups excluding carboxylic acids is 2. The zero-order valence-corrected chi connectivity index (χ0v) is 17.4. The van der Waals surface area contributed by atoms with Crippen molar-refractivity contribution in [3.63, 3.8) is 0 Å². The summed E-state index contributed by atoms with van der Waals surface area (Å²) in [6.07, 6.45) is -0.984. The van der Waals surface area contributed by atoms with Crippen LogP contribution in [0, 0.1) is 0 Å². The summed E-state index contributed by atoms with van der Waals surface area (Å²) in [5.74, 6) is 0.0413. The molecule has 0 aliphatic carbocycles. The number of halogens is 1. The van der Waals surface area contributed by atoms with Crippen molar-refractivity contribution in [1.29, 1.82) is 0 Å². The highest BCUT2D eigenvalue weighted by atomic mass is 35.5. The maximum absolute atomic E-state index is 12.0. The lowest BCUT2D eigenvalue weighted by atomic mass is 10.4. The fourth-order valence-corrected chi connectivity index (χ4v) is 2.75. The van der Waals surface area contributed by atoms with Gasteiger partial charge in [-0.15, -0.1) is 11.8 Å². The highest BCUT2D eigenvalue weighted by Gasteiger charge is 2.16. The van der Waals surface area contributed by atoms with Gasteiger partial charge in [0.05, 0.1) is 19.3 Å². The third-order valence-electron chi connectivity index (χ3n) is 3.09. The Bertz CT molecular complexity index is 621. The summed E-state index contributed by atoms with van der Waals surface area (Å²) >= 11 is 7.43. The Morgan fingerprint density at radius 3 is 2.52 bits per heavy atom. The lowest BCUT2D eigenvalue weighted by molar-refractivity contribution is -0.138. The average Bonchev–Trinajstić information content (AvgIpc) is 2.61. The zero-order valence-electron chi connectivity index (χ0n) is 15.8. The van der Waals surface area contributed by atoms with Crippen LogP contribution in [-0.2, 0) is 19.0 Å². The maximum Gasteiger partial charge on any atom is 0.407 e. The average molecular weight is 416 g/mol. The van der Waals surface area contributed by atoms with Gasteiger partial charge in [0, 0.05) is 21.2 Å². The number of carbonyl (C=O) groups is 2. The summed E-state index contributed by atoms with van der Waals surface area (Å²) in [6.45, 7) is 9.36. The van der Waals surface area contributed by atoms with Crippen molar-refractivity contribution in [1.82, 2.24) is 5.32 Å². The topological polar surface area (TPSA) is 73.9 Å². The van der Waals surface area contributed by atoms with E-state index in [1.807, 2.05) is 38.1 Å². The maximum atomic E-state index is 12.0. The molecule has 0 aliphatic heterocycles. The fourth-order valence-electron chi connectivity index (χ4n) is 1.75. The SMILES string of the molecule is C=C(C)C(=O)OCCNC(=O)OC(COC(C)C)CSc1ccc(Cl)cc1. The van der Waals surface area contributed by atoms with Gasteiger partial charge in [-0.25, -0.2) is 9.59 Å². The molecule has 1 amide bonds.